The lowest BCUT2D eigenvalue weighted by Crippen LogP contribution is -2.34. The van der Waals surface area contributed by atoms with Crippen molar-refractivity contribution in [3.05, 3.63) is 28.8 Å². The summed E-state index contributed by atoms with van der Waals surface area (Å²) in [4.78, 5) is 24.7. The minimum atomic E-state index is -0.646. The molecule has 0 bridgehead atoms. The van der Waals surface area contributed by atoms with Gasteiger partial charge in [0.15, 0.2) is 6.61 Å². The van der Waals surface area contributed by atoms with Gasteiger partial charge in [-0.2, -0.15) is 0 Å². The zero-order valence-corrected chi connectivity index (χ0v) is 11.7. The van der Waals surface area contributed by atoms with Gasteiger partial charge in [-0.3, -0.25) is 9.59 Å². The number of halogens is 1. The molecule has 0 unspecified atom stereocenters. The van der Waals surface area contributed by atoms with Crippen molar-refractivity contribution in [2.24, 2.45) is 5.73 Å². The normalized spacial score (nSPS) is 10.1. The van der Waals surface area contributed by atoms with Gasteiger partial charge < -0.3 is 15.4 Å². The summed E-state index contributed by atoms with van der Waals surface area (Å²) in [5, 5.41) is 0.385. The lowest BCUT2D eigenvalue weighted by atomic mass is 10.2. The number of hydrogen-bond acceptors (Lipinski definition) is 3. The van der Waals surface area contributed by atoms with E-state index in [1.807, 2.05) is 13.8 Å². The summed E-state index contributed by atoms with van der Waals surface area (Å²) >= 11 is 5.78. The summed E-state index contributed by atoms with van der Waals surface area (Å²) in [5.74, 6) is -0.527. The summed E-state index contributed by atoms with van der Waals surface area (Å²) in [7, 11) is 0. The molecule has 0 radical (unpaired) electrons. The number of primary amides is 1. The molecular formula is C13H17ClN2O3. The third kappa shape index (κ3) is 4.13. The summed E-state index contributed by atoms with van der Waals surface area (Å²) in [6.45, 7) is 4.87. The van der Waals surface area contributed by atoms with Gasteiger partial charge in [-0.1, -0.05) is 11.6 Å². The molecule has 2 amide bonds. The molecule has 104 valence electrons. The Labute approximate surface area is 117 Å². The van der Waals surface area contributed by atoms with Crippen molar-refractivity contribution in [1.29, 1.82) is 0 Å². The van der Waals surface area contributed by atoms with Gasteiger partial charge in [-0.15, -0.1) is 0 Å². The molecule has 2 N–H and O–H groups in total. The fourth-order valence-corrected chi connectivity index (χ4v) is 1.80. The van der Waals surface area contributed by atoms with E-state index < -0.39 is 5.91 Å². The molecular weight excluding hydrogens is 268 g/mol. The molecule has 0 saturated carbocycles. The van der Waals surface area contributed by atoms with Crippen LogP contribution >= 0.6 is 11.6 Å². The van der Waals surface area contributed by atoms with Crippen molar-refractivity contribution in [2.45, 2.75) is 13.8 Å². The van der Waals surface area contributed by atoms with Crippen molar-refractivity contribution < 1.29 is 14.3 Å². The van der Waals surface area contributed by atoms with E-state index in [1.54, 1.807) is 11.0 Å². The maximum atomic E-state index is 11.8. The number of benzene rings is 1. The largest absolute Gasteiger partial charge is 0.483 e. The monoisotopic (exact) mass is 284 g/mol. The topological polar surface area (TPSA) is 72.6 Å². The number of hydrogen-bond donors (Lipinski definition) is 1. The molecule has 0 spiro atoms. The quantitative estimate of drug-likeness (QED) is 0.864. The van der Waals surface area contributed by atoms with Crippen LogP contribution < -0.4 is 10.5 Å². The molecule has 0 heterocycles. The van der Waals surface area contributed by atoms with Gasteiger partial charge in [0, 0.05) is 18.1 Å². The Morgan fingerprint density at radius 1 is 1.32 bits per heavy atom. The predicted molar refractivity (Wildman–Crippen MR) is 73.4 cm³/mol. The number of ether oxygens (including phenoxy) is 1. The van der Waals surface area contributed by atoms with Gasteiger partial charge in [-0.05, 0) is 32.0 Å². The van der Waals surface area contributed by atoms with E-state index in [0.717, 1.165) is 0 Å². The van der Waals surface area contributed by atoms with Gasteiger partial charge in [0.25, 0.3) is 11.8 Å². The van der Waals surface area contributed by atoms with Crippen LogP contribution in [0.15, 0.2) is 18.2 Å². The highest BCUT2D eigenvalue weighted by atomic mass is 35.5. The average Bonchev–Trinajstić information content (AvgIpc) is 2.38. The molecule has 0 aliphatic heterocycles. The van der Waals surface area contributed by atoms with E-state index in [0.29, 0.717) is 18.1 Å². The van der Waals surface area contributed by atoms with Crippen molar-refractivity contribution in [2.75, 3.05) is 19.7 Å². The van der Waals surface area contributed by atoms with Gasteiger partial charge in [0.05, 0.1) is 5.56 Å². The van der Waals surface area contributed by atoms with Crippen molar-refractivity contribution in [3.63, 3.8) is 0 Å². The van der Waals surface area contributed by atoms with Crippen molar-refractivity contribution >= 4 is 23.4 Å². The van der Waals surface area contributed by atoms with Crippen LogP contribution in [0.3, 0.4) is 0 Å². The van der Waals surface area contributed by atoms with Gasteiger partial charge in [0.2, 0.25) is 0 Å². The maximum absolute atomic E-state index is 11.8. The molecule has 6 heteroatoms. The molecule has 0 aliphatic rings. The van der Waals surface area contributed by atoms with E-state index in [9.17, 15) is 9.59 Å². The first-order chi connectivity index (χ1) is 8.99. The molecule has 0 aromatic heterocycles. The minimum Gasteiger partial charge on any atom is -0.483 e. The third-order valence-electron chi connectivity index (χ3n) is 2.67. The minimum absolute atomic E-state index is 0.135. The average molecular weight is 285 g/mol. The molecule has 1 aromatic carbocycles. The van der Waals surface area contributed by atoms with Crippen LogP contribution in [0.1, 0.15) is 24.2 Å². The Balaban J connectivity index is 2.78. The smallest absolute Gasteiger partial charge is 0.260 e. The second-order valence-corrected chi connectivity index (χ2v) is 4.30. The van der Waals surface area contributed by atoms with Crippen molar-refractivity contribution in [3.8, 4) is 5.75 Å². The standard InChI is InChI=1S/C13H17ClN2O3/c1-3-16(4-2)12(17)8-19-11-6-5-9(14)7-10(11)13(15)18/h5-7H,3-4,8H2,1-2H3,(H2,15,18). The Hall–Kier alpha value is -1.75. The molecule has 1 rings (SSSR count). The van der Waals surface area contributed by atoms with Crippen LogP contribution in [0.2, 0.25) is 5.02 Å². The lowest BCUT2D eigenvalue weighted by Gasteiger charge is -2.19. The predicted octanol–water partition coefficient (Wildman–Crippen LogP) is 1.69. The number of likely N-dealkylation sites (N-methyl/N-ethyl adjacent to an activating group) is 1. The van der Waals surface area contributed by atoms with E-state index in [4.69, 9.17) is 22.1 Å². The number of rotatable bonds is 6. The first-order valence-corrected chi connectivity index (χ1v) is 6.37. The van der Waals surface area contributed by atoms with Gasteiger partial charge in [0.1, 0.15) is 5.75 Å². The van der Waals surface area contributed by atoms with Crippen LogP contribution in [0.25, 0.3) is 0 Å². The zero-order chi connectivity index (χ0) is 14.4. The first-order valence-electron chi connectivity index (χ1n) is 5.99. The number of carbonyl (C=O) groups excluding carboxylic acids is 2. The summed E-state index contributed by atoms with van der Waals surface area (Å²) in [6.07, 6.45) is 0. The lowest BCUT2D eigenvalue weighted by molar-refractivity contribution is -0.132. The van der Waals surface area contributed by atoms with Crippen LogP contribution in [-0.4, -0.2) is 36.4 Å². The fourth-order valence-electron chi connectivity index (χ4n) is 1.63. The molecule has 19 heavy (non-hydrogen) atoms. The molecule has 0 fully saturated rings. The highest BCUT2D eigenvalue weighted by molar-refractivity contribution is 6.31. The number of amides is 2. The van der Waals surface area contributed by atoms with Crippen LogP contribution in [0.5, 0.6) is 5.75 Å². The Morgan fingerprint density at radius 3 is 2.47 bits per heavy atom. The highest BCUT2D eigenvalue weighted by Crippen LogP contribution is 2.22. The second-order valence-electron chi connectivity index (χ2n) is 3.86. The molecule has 1 aromatic rings. The van der Waals surface area contributed by atoms with E-state index >= 15 is 0 Å². The molecule has 0 aliphatic carbocycles. The maximum Gasteiger partial charge on any atom is 0.260 e. The molecule has 5 nitrogen and oxygen atoms in total. The third-order valence-corrected chi connectivity index (χ3v) is 2.91. The Morgan fingerprint density at radius 2 is 1.95 bits per heavy atom. The van der Waals surface area contributed by atoms with E-state index in [2.05, 4.69) is 0 Å². The van der Waals surface area contributed by atoms with Crippen LogP contribution in [0, 0.1) is 0 Å². The zero-order valence-electron chi connectivity index (χ0n) is 11.0. The number of nitrogens with two attached hydrogens (primary N) is 1. The summed E-state index contributed by atoms with van der Waals surface area (Å²) in [6, 6.07) is 4.52. The Kier molecular flexibility index (Phi) is 5.63. The van der Waals surface area contributed by atoms with Crippen molar-refractivity contribution in [1.82, 2.24) is 4.90 Å². The molecule has 0 saturated heterocycles. The van der Waals surface area contributed by atoms with Gasteiger partial charge >= 0.3 is 0 Å². The second kappa shape index (κ2) is 6.99. The Bertz CT molecular complexity index is 473. The SMILES string of the molecule is CCN(CC)C(=O)COc1ccc(Cl)cc1C(N)=O. The molecule has 0 atom stereocenters. The summed E-state index contributed by atoms with van der Waals surface area (Å²) in [5.41, 5.74) is 5.40. The van der Waals surface area contributed by atoms with Crippen LogP contribution in [-0.2, 0) is 4.79 Å². The van der Waals surface area contributed by atoms with Crippen LogP contribution in [0.4, 0.5) is 0 Å². The summed E-state index contributed by atoms with van der Waals surface area (Å²) < 4.78 is 5.35. The van der Waals surface area contributed by atoms with E-state index in [-0.39, 0.29) is 23.8 Å². The van der Waals surface area contributed by atoms with Gasteiger partial charge in [-0.25, -0.2) is 0 Å². The van der Waals surface area contributed by atoms with E-state index in [1.165, 1.54) is 12.1 Å². The fraction of sp³-hybridized carbons (Fsp3) is 0.385. The highest BCUT2D eigenvalue weighted by Gasteiger charge is 2.14. The number of carbonyl (C=O) groups is 2. The first kappa shape index (κ1) is 15.3. The number of nitrogens with zero attached hydrogens (tertiary/aromatic N) is 1.